The van der Waals surface area contributed by atoms with Gasteiger partial charge in [-0.05, 0) is 55.5 Å². The summed E-state index contributed by atoms with van der Waals surface area (Å²) < 4.78 is 28.6. The van der Waals surface area contributed by atoms with Crippen LogP contribution in [-0.2, 0) is 12.8 Å². The number of anilines is 2. The van der Waals surface area contributed by atoms with E-state index in [1.54, 1.807) is 52.7 Å². The lowest BCUT2D eigenvalue weighted by Crippen LogP contribution is -2.34. The smallest absolute Gasteiger partial charge is 0.261 e. The first-order valence-corrected chi connectivity index (χ1v) is 13.7. The van der Waals surface area contributed by atoms with Crippen LogP contribution in [0.4, 0.5) is 17.1 Å². The largest absolute Gasteiger partial charge is 0.495 e. The molecule has 9 nitrogen and oxygen atoms in total. The number of para-hydroxylation sites is 2. The van der Waals surface area contributed by atoms with Crippen LogP contribution in [0.15, 0.2) is 57.9 Å². The summed E-state index contributed by atoms with van der Waals surface area (Å²) in [7, 11) is 6.21. The zero-order chi connectivity index (χ0) is 28.5. The van der Waals surface area contributed by atoms with E-state index < -0.39 is 0 Å². The van der Waals surface area contributed by atoms with Crippen LogP contribution in [0.3, 0.4) is 0 Å². The van der Waals surface area contributed by atoms with Gasteiger partial charge < -0.3 is 33.6 Å². The molecule has 3 heterocycles. The maximum Gasteiger partial charge on any atom is 0.261 e. The van der Waals surface area contributed by atoms with Gasteiger partial charge in [-0.3, -0.25) is 4.79 Å². The van der Waals surface area contributed by atoms with Gasteiger partial charge in [0.15, 0.2) is 11.5 Å². The Balaban J connectivity index is 1.58. The predicted octanol–water partition coefficient (Wildman–Crippen LogP) is 5.65. The Labute approximate surface area is 238 Å². The highest BCUT2D eigenvalue weighted by atomic mass is 16.5. The second kappa shape index (κ2) is 11.1. The number of amides is 1. The molecule has 41 heavy (non-hydrogen) atoms. The number of fused-ring (bicyclic) bond motifs is 2. The summed E-state index contributed by atoms with van der Waals surface area (Å²) in [6.07, 6.45) is 4.09. The van der Waals surface area contributed by atoms with Gasteiger partial charge in [-0.15, -0.1) is 0 Å². The van der Waals surface area contributed by atoms with E-state index in [0.29, 0.717) is 39.9 Å². The molecule has 6 rings (SSSR count). The zero-order valence-electron chi connectivity index (χ0n) is 23.7. The second-order valence-electron chi connectivity index (χ2n) is 10.1. The molecule has 212 valence electrons. The maximum absolute atomic E-state index is 13.8. The number of aryl methyl sites for hydroxylation is 2. The van der Waals surface area contributed by atoms with Gasteiger partial charge >= 0.3 is 0 Å². The van der Waals surface area contributed by atoms with Gasteiger partial charge in [-0.1, -0.05) is 12.1 Å². The SMILES string of the molecule is COc1ccccc1NC(=O)c1cc2cc3c4c(c2oc1=Nc1cc(OC)c(OC)c(OC)c1)CCCN4CCC3. The van der Waals surface area contributed by atoms with Crippen molar-refractivity contribution in [2.75, 3.05) is 51.7 Å². The van der Waals surface area contributed by atoms with Crippen LogP contribution in [0, 0.1) is 0 Å². The van der Waals surface area contributed by atoms with Gasteiger partial charge in [0.1, 0.15) is 16.9 Å². The minimum atomic E-state index is -0.362. The number of ether oxygens (including phenoxy) is 4. The van der Waals surface area contributed by atoms with E-state index in [1.807, 2.05) is 18.2 Å². The topological polar surface area (TPSA) is 94.8 Å². The molecule has 0 atom stereocenters. The molecule has 0 aliphatic carbocycles. The number of carbonyl (C=O) groups excluding carboxylic acids is 1. The van der Waals surface area contributed by atoms with Gasteiger partial charge in [-0.25, -0.2) is 4.99 Å². The molecule has 9 heteroatoms. The highest BCUT2D eigenvalue weighted by Gasteiger charge is 2.28. The van der Waals surface area contributed by atoms with Crippen LogP contribution in [-0.4, -0.2) is 47.4 Å². The summed E-state index contributed by atoms with van der Waals surface area (Å²) in [5.74, 6) is 1.55. The number of benzene rings is 3. The Morgan fingerprint density at radius 2 is 1.59 bits per heavy atom. The lowest BCUT2D eigenvalue weighted by Gasteiger charge is -2.37. The Hall–Kier alpha value is -4.66. The van der Waals surface area contributed by atoms with Crippen LogP contribution in [0.1, 0.15) is 34.3 Å². The molecule has 1 N–H and O–H groups in total. The molecule has 0 bridgehead atoms. The van der Waals surface area contributed by atoms with Crippen LogP contribution >= 0.6 is 0 Å². The summed E-state index contributed by atoms with van der Waals surface area (Å²) in [6.45, 7) is 2.10. The number of carbonyl (C=O) groups is 1. The van der Waals surface area contributed by atoms with Crippen molar-refractivity contribution in [2.24, 2.45) is 4.99 Å². The highest BCUT2D eigenvalue weighted by molar-refractivity contribution is 6.06. The third-order valence-corrected chi connectivity index (χ3v) is 7.71. The van der Waals surface area contributed by atoms with Gasteiger partial charge in [0, 0.05) is 41.9 Å². The Morgan fingerprint density at radius 1 is 0.878 bits per heavy atom. The molecule has 0 saturated carbocycles. The summed E-state index contributed by atoms with van der Waals surface area (Å²) in [4.78, 5) is 21.1. The fourth-order valence-electron chi connectivity index (χ4n) is 5.89. The van der Waals surface area contributed by atoms with Crippen molar-refractivity contribution in [3.05, 3.63) is 70.8 Å². The van der Waals surface area contributed by atoms with Crippen molar-refractivity contribution in [1.29, 1.82) is 0 Å². The second-order valence-corrected chi connectivity index (χ2v) is 10.1. The quantitative estimate of drug-likeness (QED) is 0.315. The molecule has 3 aromatic carbocycles. The van der Waals surface area contributed by atoms with E-state index in [0.717, 1.165) is 49.7 Å². The van der Waals surface area contributed by atoms with Crippen molar-refractivity contribution in [1.82, 2.24) is 0 Å². The minimum absolute atomic E-state index is 0.184. The summed E-state index contributed by atoms with van der Waals surface area (Å²) in [5, 5.41) is 3.87. The Bertz CT molecular complexity index is 1680. The summed E-state index contributed by atoms with van der Waals surface area (Å²) in [5.41, 5.74) is 6.05. The fourth-order valence-corrected chi connectivity index (χ4v) is 5.89. The number of nitrogens with one attached hydrogen (secondary N) is 1. The molecular formula is C32H33N3O6. The summed E-state index contributed by atoms with van der Waals surface area (Å²) >= 11 is 0. The maximum atomic E-state index is 13.8. The van der Waals surface area contributed by atoms with E-state index in [1.165, 1.54) is 16.8 Å². The normalized spacial score (nSPS) is 14.4. The molecule has 2 aliphatic heterocycles. The Kier molecular flexibility index (Phi) is 7.17. The molecule has 4 aromatic rings. The first-order valence-electron chi connectivity index (χ1n) is 13.7. The molecule has 1 aromatic heterocycles. The van der Waals surface area contributed by atoms with Crippen LogP contribution in [0.5, 0.6) is 23.0 Å². The van der Waals surface area contributed by atoms with E-state index in [9.17, 15) is 4.79 Å². The van der Waals surface area contributed by atoms with Crippen molar-refractivity contribution in [3.8, 4) is 23.0 Å². The predicted molar refractivity (Wildman–Crippen MR) is 157 cm³/mol. The Morgan fingerprint density at radius 3 is 2.29 bits per heavy atom. The number of rotatable bonds is 7. The molecule has 0 spiro atoms. The number of methoxy groups -OCH3 is 4. The van der Waals surface area contributed by atoms with Crippen LogP contribution in [0.25, 0.3) is 11.0 Å². The average molecular weight is 556 g/mol. The number of nitrogens with zero attached hydrogens (tertiary/aromatic N) is 2. The first kappa shape index (κ1) is 26.6. The fraction of sp³-hybridized carbons (Fsp3) is 0.312. The van der Waals surface area contributed by atoms with Crippen molar-refractivity contribution in [3.63, 3.8) is 0 Å². The van der Waals surface area contributed by atoms with E-state index in [2.05, 4.69) is 16.3 Å². The third kappa shape index (κ3) is 4.81. The minimum Gasteiger partial charge on any atom is -0.495 e. The van der Waals surface area contributed by atoms with Gasteiger partial charge in [0.2, 0.25) is 11.3 Å². The number of hydrogen-bond acceptors (Lipinski definition) is 8. The molecule has 0 radical (unpaired) electrons. The van der Waals surface area contributed by atoms with Gasteiger partial charge in [0.05, 0.1) is 39.8 Å². The van der Waals surface area contributed by atoms with Gasteiger partial charge in [0.25, 0.3) is 5.91 Å². The molecule has 0 unspecified atom stereocenters. The van der Waals surface area contributed by atoms with Crippen molar-refractivity contribution in [2.45, 2.75) is 25.7 Å². The lowest BCUT2D eigenvalue weighted by atomic mass is 9.90. The van der Waals surface area contributed by atoms with E-state index >= 15 is 0 Å². The summed E-state index contributed by atoms with van der Waals surface area (Å²) in [6, 6.07) is 14.8. The first-order chi connectivity index (χ1) is 20.0. The average Bonchev–Trinajstić information content (AvgIpc) is 3.01. The van der Waals surface area contributed by atoms with Crippen LogP contribution < -0.4 is 34.7 Å². The van der Waals surface area contributed by atoms with E-state index in [-0.39, 0.29) is 11.5 Å². The van der Waals surface area contributed by atoms with Crippen molar-refractivity contribution < 1.29 is 28.2 Å². The monoisotopic (exact) mass is 555 g/mol. The standard InChI is InChI=1S/C32H33N3O6/c1-37-25-12-6-5-11-24(25)34-31(36)23-16-20-15-19-9-7-13-35-14-8-10-22(28(19)35)29(20)41-32(23)33-21-17-26(38-2)30(40-4)27(18-21)39-3/h5-6,11-12,15-18H,7-10,13-14H2,1-4H3,(H,34,36). The number of hydrogen-bond donors (Lipinski definition) is 1. The van der Waals surface area contributed by atoms with Gasteiger partial charge in [-0.2, -0.15) is 0 Å². The highest BCUT2D eigenvalue weighted by Crippen LogP contribution is 2.42. The molecule has 1 amide bonds. The molecule has 0 saturated heterocycles. The molecule has 2 aliphatic rings. The zero-order valence-corrected chi connectivity index (χ0v) is 23.7. The van der Waals surface area contributed by atoms with Crippen molar-refractivity contribution >= 4 is 33.9 Å². The molecule has 0 fully saturated rings. The van der Waals surface area contributed by atoms with E-state index in [4.69, 9.17) is 28.4 Å². The third-order valence-electron chi connectivity index (χ3n) is 7.71. The van der Waals surface area contributed by atoms with Crippen LogP contribution in [0.2, 0.25) is 0 Å². The lowest BCUT2D eigenvalue weighted by molar-refractivity contribution is 0.102. The molecular weight excluding hydrogens is 522 g/mol.